The number of aliphatic hydroxyl groups is 1. The Morgan fingerprint density at radius 3 is 2.87 bits per heavy atom. The molecule has 0 amide bonds. The number of hydrogen-bond donors (Lipinski definition) is 1. The van der Waals surface area contributed by atoms with Gasteiger partial charge in [-0.3, -0.25) is 0 Å². The molecule has 0 radical (unpaired) electrons. The van der Waals surface area contributed by atoms with Crippen LogP contribution in [0.1, 0.15) is 24.5 Å². The van der Waals surface area contributed by atoms with E-state index < -0.39 is 6.10 Å². The second-order valence-corrected chi connectivity index (χ2v) is 4.53. The highest BCUT2D eigenvalue weighted by Crippen LogP contribution is 2.30. The number of ether oxygens (including phenoxy) is 1. The third-order valence-corrected chi connectivity index (χ3v) is 2.92. The molecule has 1 aromatic rings. The minimum atomic E-state index is -0.517. The molecule has 0 aliphatic heterocycles. The van der Waals surface area contributed by atoms with Crippen LogP contribution in [0.4, 0.5) is 0 Å². The summed E-state index contributed by atoms with van der Waals surface area (Å²) in [6.45, 7) is 0. The predicted octanol–water partition coefficient (Wildman–Crippen LogP) is 3.51. The summed E-state index contributed by atoms with van der Waals surface area (Å²) in [5, 5.41) is 9.93. The van der Waals surface area contributed by atoms with Gasteiger partial charge in [-0.05, 0) is 31.0 Å². The summed E-state index contributed by atoms with van der Waals surface area (Å²) in [7, 11) is 1.60. The second kappa shape index (κ2) is 6.36. The summed E-state index contributed by atoms with van der Waals surface area (Å²) < 4.78 is 6.12. The first kappa shape index (κ1) is 12.8. The number of aliphatic hydroxyl groups excluding tert-OH is 1. The smallest absolute Gasteiger partial charge is 0.124 e. The molecule has 1 rings (SSSR count). The number of alkyl halides is 1. The van der Waals surface area contributed by atoms with E-state index >= 15 is 0 Å². The summed E-state index contributed by atoms with van der Waals surface area (Å²) in [4.78, 5) is 0. The van der Waals surface area contributed by atoms with Crippen molar-refractivity contribution in [1.29, 1.82) is 0 Å². The van der Waals surface area contributed by atoms with Gasteiger partial charge in [-0.25, -0.2) is 0 Å². The quantitative estimate of drug-likeness (QED) is 0.842. The van der Waals surface area contributed by atoms with Gasteiger partial charge in [0.15, 0.2) is 0 Å². The summed E-state index contributed by atoms with van der Waals surface area (Å²) in [5.41, 5.74) is 0.803. The Hall–Kier alpha value is -0.250. The average Bonchev–Trinajstić information content (AvgIpc) is 2.25. The first-order valence-corrected chi connectivity index (χ1v) is 6.09. The first-order valence-electron chi connectivity index (χ1n) is 4.76. The number of methoxy groups -OCH3 is 1. The topological polar surface area (TPSA) is 29.5 Å². The molecular formula is C11H14BrClO2. The third kappa shape index (κ3) is 3.67. The minimum Gasteiger partial charge on any atom is -0.496 e. The second-order valence-electron chi connectivity index (χ2n) is 3.23. The molecule has 0 saturated carbocycles. The largest absolute Gasteiger partial charge is 0.496 e. The molecule has 0 aliphatic carbocycles. The lowest BCUT2D eigenvalue weighted by molar-refractivity contribution is 0.162. The molecule has 1 N–H and O–H groups in total. The van der Waals surface area contributed by atoms with Gasteiger partial charge in [-0.2, -0.15) is 0 Å². The lowest BCUT2D eigenvalue weighted by Crippen LogP contribution is -2.01. The molecule has 2 nitrogen and oxygen atoms in total. The van der Waals surface area contributed by atoms with Crippen LogP contribution in [0, 0.1) is 0 Å². The molecule has 1 atom stereocenters. The van der Waals surface area contributed by atoms with E-state index in [0.717, 1.165) is 16.5 Å². The summed E-state index contributed by atoms with van der Waals surface area (Å²) >= 11 is 8.96. The standard InChI is InChI=1S/C11H14BrClO2/c1-15-11-5-4-8(12)7-9(11)10(14)3-2-6-13/h4-5,7,10,14H,2-3,6H2,1H3. The zero-order valence-electron chi connectivity index (χ0n) is 8.54. The van der Waals surface area contributed by atoms with Gasteiger partial charge in [0.1, 0.15) is 5.75 Å². The molecule has 1 unspecified atom stereocenters. The van der Waals surface area contributed by atoms with Gasteiger partial charge in [-0.15, -0.1) is 11.6 Å². The van der Waals surface area contributed by atoms with Crippen LogP contribution in [-0.4, -0.2) is 18.1 Å². The van der Waals surface area contributed by atoms with Crippen molar-refractivity contribution in [2.75, 3.05) is 13.0 Å². The zero-order chi connectivity index (χ0) is 11.3. The van der Waals surface area contributed by atoms with Gasteiger partial charge in [0.25, 0.3) is 0 Å². The predicted molar refractivity (Wildman–Crippen MR) is 65.6 cm³/mol. The highest BCUT2D eigenvalue weighted by molar-refractivity contribution is 9.10. The fourth-order valence-corrected chi connectivity index (χ4v) is 1.92. The van der Waals surface area contributed by atoms with Gasteiger partial charge in [-0.1, -0.05) is 15.9 Å². The van der Waals surface area contributed by atoms with E-state index in [1.54, 1.807) is 7.11 Å². The van der Waals surface area contributed by atoms with Crippen LogP contribution in [0.25, 0.3) is 0 Å². The fourth-order valence-electron chi connectivity index (χ4n) is 1.39. The van der Waals surface area contributed by atoms with E-state index in [2.05, 4.69) is 15.9 Å². The molecule has 0 aliphatic rings. The van der Waals surface area contributed by atoms with E-state index in [1.165, 1.54) is 0 Å². The van der Waals surface area contributed by atoms with Crippen molar-refractivity contribution in [3.8, 4) is 5.75 Å². The van der Waals surface area contributed by atoms with Crippen molar-refractivity contribution in [2.45, 2.75) is 18.9 Å². The van der Waals surface area contributed by atoms with Crippen LogP contribution in [0.3, 0.4) is 0 Å². The van der Waals surface area contributed by atoms with E-state index in [4.69, 9.17) is 16.3 Å². The SMILES string of the molecule is COc1ccc(Br)cc1C(O)CCCCl. The van der Waals surface area contributed by atoms with Gasteiger partial charge in [0.2, 0.25) is 0 Å². The van der Waals surface area contributed by atoms with Crippen LogP contribution >= 0.6 is 27.5 Å². The minimum absolute atomic E-state index is 0.517. The normalized spacial score (nSPS) is 12.5. The Morgan fingerprint density at radius 1 is 1.53 bits per heavy atom. The van der Waals surface area contributed by atoms with Crippen LogP contribution in [0.2, 0.25) is 0 Å². The maximum absolute atomic E-state index is 9.93. The molecule has 0 bridgehead atoms. The molecule has 0 spiro atoms. The summed E-state index contributed by atoms with van der Waals surface area (Å²) in [5.74, 6) is 1.27. The van der Waals surface area contributed by atoms with Gasteiger partial charge < -0.3 is 9.84 Å². The number of halogens is 2. The van der Waals surface area contributed by atoms with E-state index in [1.807, 2.05) is 18.2 Å². The fraction of sp³-hybridized carbons (Fsp3) is 0.455. The highest BCUT2D eigenvalue weighted by Gasteiger charge is 2.13. The number of hydrogen-bond acceptors (Lipinski definition) is 2. The molecule has 0 heterocycles. The van der Waals surface area contributed by atoms with Crippen molar-refractivity contribution < 1.29 is 9.84 Å². The lowest BCUT2D eigenvalue weighted by atomic mass is 10.0. The lowest BCUT2D eigenvalue weighted by Gasteiger charge is -2.14. The van der Waals surface area contributed by atoms with Crippen LogP contribution in [0.5, 0.6) is 5.75 Å². The first-order chi connectivity index (χ1) is 7.19. The Bertz CT molecular complexity index is 317. The molecular weight excluding hydrogens is 279 g/mol. The Labute approximate surface area is 103 Å². The molecule has 0 aromatic heterocycles. The molecule has 15 heavy (non-hydrogen) atoms. The average molecular weight is 294 g/mol. The highest BCUT2D eigenvalue weighted by atomic mass is 79.9. The third-order valence-electron chi connectivity index (χ3n) is 2.16. The van der Waals surface area contributed by atoms with E-state index in [-0.39, 0.29) is 0 Å². The number of benzene rings is 1. The Balaban J connectivity index is 2.85. The van der Waals surface area contributed by atoms with Gasteiger partial charge >= 0.3 is 0 Å². The van der Waals surface area contributed by atoms with Crippen molar-refractivity contribution in [3.63, 3.8) is 0 Å². The van der Waals surface area contributed by atoms with E-state index in [9.17, 15) is 5.11 Å². The molecule has 0 fully saturated rings. The van der Waals surface area contributed by atoms with Crippen molar-refractivity contribution in [1.82, 2.24) is 0 Å². The molecule has 4 heteroatoms. The Kier molecular flexibility index (Phi) is 5.43. The summed E-state index contributed by atoms with van der Waals surface area (Å²) in [6, 6.07) is 5.59. The molecule has 1 aromatic carbocycles. The van der Waals surface area contributed by atoms with Crippen LogP contribution < -0.4 is 4.74 Å². The van der Waals surface area contributed by atoms with Crippen molar-refractivity contribution in [3.05, 3.63) is 28.2 Å². The van der Waals surface area contributed by atoms with Gasteiger partial charge in [0, 0.05) is 15.9 Å². The van der Waals surface area contributed by atoms with Crippen molar-refractivity contribution >= 4 is 27.5 Å². The van der Waals surface area contributed by atoms with E-state index in [0.29, 0.717) is 18.1 Å². The zero-order valence-corrected chi connectivity index (χ0v) is 10.9. The molecule has 0 saturated heterocycles. The van der Waals surface area contributed by atoms with Gasteiger partial charge in [0.05, 0.1) is 13.2 Å². The maximum atomic E-state index is 9.93. The monoisotopic (exact) mass is 292 g/mol. The van der Waals surface area contributed by atoms with Crippen molar-refractivity contribution in [2.24, 2.45) is 0 Å². The maximum Gasteiger partial charge on any atom is 0.124 e. The number of rotatable bonds is 5. The summed E-state index contributed by atoms with van der Waals surface area (Å²) in [6.07, 6.45) is 0.922. The Morgan fingerprint density at radius 2 is 2.27 bits per heavy atom. The molecule has 84 valence electrons. The van der Waals surface area contributed by atoms with Crippen LogP contribution in [0.15, 0.2) is 22.7 Å². The van der Waals surface area contributed by atoms with Crippen LogP contribution in [-0.2, 0) is 0 Å².